The second-order valence-electron chi connectivity index (χ2n) is 12.6. The van der Waals surface area contributed by atoms with Crippen LogP contribution in [0, 0.1) is 11.8 Å². The van der Waals surface area contributed by atoms with Crippen LogP contribution >= 0.6 is 0 Å². The number of halogens is 2. The van der Waals surface area contributed by atoms with Crippen molar-refractivity contribution in [1.82, 2.24) is 0 Å². The van der Waals surface area contributed by atoms with Gasteiger partial charge in [-0.05, 0) is 0 Å². The number of allylic oxidation sites excluding steroid dienone is 2. The van der Waals surface area contributed by atoms with Crippen molar-refractivity contribution < 1.29 is 48.0 Å². The normalized spacial score (nSPS) is 21.1. The Morgan fingerprint density at radius 3 is 1.25 bits per heavy atom. The predicted molar refractivity (Wildman–Crippen MR) is 148 cm³/mol. The van der Waals surface area contributed by atoms with Gasteiger partial charge in [-0.2, -0.15) is 0 Å². The van der Waals surface area contributed by atoms with Crippen LogP contribution in [0.1, 0.15) is 108 Å². The van der Waals surface area contributed by atoms with Crippen LogP contribution in [0.15, 0.2) is 47.5 Å². The van der Waals surface area contributed by atoms with Gasteiger partial charge < -0.3 is 24.8 Å². The van der Waals surface area contributed by atoms with E-state index in [1.807, 2.05) is 21.5 Å². The Bertz CT molecular complexity index is 1140. The molecular formula is C32H42Cl2SiZr. The standard InChI is InChI=1S/C32H42Si.2ClH.Zr/c1-19(2)25-15-11-13-23-17-27(21(5)6)31(29(23)25)33(9,10)32-28(22(7)8)18-24-14-12-16-26(20(3)4)30(24)32;;;/h11-22H,1-10H3;2*1H;/q;;;+2/p-2. The minimum absolute atomic E-state index is 0. The van der Waals surface area contributed by atoms with E-state index in [2.05, 4.69) is 105 Å². The average molecular weight is 617 g/mol. The summed E-state index contributed by atoms with van der Waals surface area (Å²) in [7, 11) is -1.97. The molecule has 3 aliphatic rings. The van der Waals surface area contributed by atoms with Crippen molar-refractivity contribution in [2.75, 3.05) is 0 Å². The van der Waals surface area contributed by atoms with Crippen molar-refractivity contribution in [2.45, 2.75) is 87.6 Å². The molecule has 2 atom stereocenters. The largest absolute Gasteiger partial charge is 1.00 e. The molecule has 0 amide bonds. The third-order valence-electron chi connectivity index (χ3n) is 8.65. The summed E-state index contributed by atoms with van der Waals surface area (Å²) in [5.74, 6) is 2.41. The maximum absolute atomic E-state index is 2.71. The Morgan fingerprint density at radius 2 is 0.944 bits per heavy atom. The molecular weight excluding hydrogens is 575 g/mol. The number of rotatable bonds is 4. The molecule has 192 valence electrons. The van der Waals surface area contributed by atoms with Crippen LogP contribution in [0.3, 0.4) is 0 Å². The van der Waals surface area contributed by atoms with E-state index in [0.717, 1.165) is 7.25 Å². The van der Waals surface area contributed by atoms with Gasteiger partial charge >= 0.3 is 222 Å². The molecule has 36 heavy (non-hydrogen) atoms. The summed E-state index contributed by atoms with van der Waals surface area (Å²) in [5, 5.41) is 3.68. The molecule has 0 fully saturated rings. The Morgan fingerprint density at radius 1 is 0.583 bits per heavy atom. The van der Waals surface area contributed by atoms with Crippen LogP contribution < -0.4 is 24.8 Å². The van der Waals surface area contributed by atoms with Crippen LogP contribution in [0.5, 0.6) is 0 Å². The van der Waals surface area contributed by atoms with Gasteiger partial charge in [0.2, 0.25) is 0 Å². The van der Waals surface area contributed by atoms with Crippen molar-refractivity contribution in [3.8, 4) is 0 Å². The fraction of sp³-hybridized carbons (Fsp3) is 0.500. The molecule has 5 rings (SSSR count). The average Bonchev–Trinajstić information content (AvgIpc) is 3.28. The molecule has 0 nitrogen and oxygen atoms in total. The maximum Gasteiger partial charge on any atom is -1.00 e. The summed E-state index contributed by atoms with van der Waals surface area (Å²) in [6.07, 6.45) is 0. The molecule has 2 aliphatic carbocycles. The van der Waals surface area contributed by atoms with Crippen LogP contribution in [0.2, 0.25) is 13.1 Å². The van der Waals surface area contributed by atoms with E-state index in [1.165, 1.54) is 0 Å². The molecule has 4 heteroatoms. The zero-order valence-electron chi connectivity index (χ0n) is 23.7. The summed E-state index contributed by atoms with van der Waals surface area (Å²) < 4.78 is 1.46. The van der Waals surface area contributed by atoms with E-state index >= 15 is 0 Å². The summed E-state index contributed by atoms with van der Waals surface area (Å²) in [6.45, 7) is 25.0. The van der Waals surface area contributed by atoms with Gasteiger partial charge in [-0.3, -0.25) is 0 Å². The van der Waals surface area contributed by atoms with Gasteiger partial charge in [-0.1, -0.05) is 0 Å². The van der Waals surface area contributed by atoms with Crippen LogP contribution in [-0.2, 0) is 23.2 Å². The first-order valence-electron chi connectivity index (χ1n) is 13.5. The zero-order chi connectivity index (χ0) is 24.7. The third kappa shape index (κ3) is 4.26. The quantitative estimate of drug-likeness (QED) is 0.462. The van der Waals surface area contributed by atoms with E-state index in [0.29, 0.717) is 23.7 Å². The van der Waals surface area contributed by atoms with E-state index in [9.17, 15) is 0 Å². The SMILES string of the molecule is CC(C)C1=C2c3c(C(C)C)cccc3[CH]1[Zr+2][CH]1C(C(C)C)=C(c3c(C(C)C)cccc31)[Si]2(C)C.[Cl-].[Cl-]. The van der Waals surface area contributed by atoms with Crippen LogP contribution in [-0.4, -0.2) is 8.07 Å². The van der Waals surface area contributed by atoms with Crippen molar-refractivity contribution in [3.63, 3.8) is 0 Å². The molecule has 1 aliphatic heterocycles. The fourth-order valence-electron chi connectivity index (χ4n) is 7.35. The molecule has 2 aromatic rings. The molecule has 0 N–H and O–H groups in total. The van der Waals surface area contributed by atoms with E-state index in [4.69, 9.17) is 0 Å². The minimum atomic E-state index is -1.97. The van der Waals surface area contributed by atoms with Gasteiger partial charge in [-0.15, -0.1) is 0 Å². The van der Waals surface area contributed by atoms with Crippen LogP contribution in [0.4, 0.5) is 0 Å². The number of hydrogen-bond acceptors (Lipinski definition) is 0. The molecule has 0 aromatic heterocycles. The maximum atomic E-state index is 2.71. The number of hydrogen-bond donors (Lipinski definition) is 0. The minimum Gasteiger partial charge on any atom is -1.00 e. The molecule has 0 radical (unpaired) electrons. The Balaban J connectivity index is 0.00000180. The second kappa shape index (κ2) is 10.6. The summed E-state index contributed by atoms with van der Waals surface area (Å²) in [4.78, 5) is 0. The third-order valence-corrected chi connectivity index (χ3v) is 16.9. The fourth-order valence-corrected chi connectivity index (χ4v) is 18.6. The number of benzene rings is 2. The summed E-state index contributed by atoms with van der Waals surface area (Å²) in [5.41, 5.74) is 13.8. The van der Waals surface area contributed by atoms with Gasteiger partial charge in [0.05, 0.1) is 0 Å². The zero-order valence-corrected chi connectivity index (χ0v) is 28.7. The number of fused-ring (bicyclic) bond motifs is 8. The van der Waals surface area contributed by atoms with Crippen LogP contribution in [0.25, 0.3) is 10.4 Å². The molecule has 2 aromatic carbocycles. The van der Waals surface area contributed by atoms with E-state index < -0.39 is 31.3 Å². The summed E-state index contributed by atoms with van der Waals surface area (Å²) in [6, 6.07) is 14.7. The molecule has 0 saturated carbocycles. The smallest absolute Gasteiger partial charge is 1.00 e. The summed E-state index contributed by atoms with van der Waals surface area (Å²) >= 11 is -0.838. The van der Waals surface area contributed by atoms with Gasteiger partial charge in [0.25, 0.3) is 0 Å². The first-order valence-corrected chi connectivity index (χ1v) is 19.3. The second-order valence-corrected chi connectivity index (χ2v) is 20.5. The topological polar surface area (TPSA) is 0 Å². The van der Waals surface area contributed by atoms with Gasteiger partial charge in [0, 0.05) is 0 Å². The van der Waals surface area contributed by atoms with E-state index in [1.54, 1.807) is 33.4 Å². The van der Waals surface area contributed by atoms with E-state index in [-0.39, 0.29) is 24.8 Å². The molecule has 2 unspecified atom stereocenters. The van der Waals surface area contributed by atoms with Gasteiger partial charge in [0.1, 0.15) is 0 Å². The van der Waals surface area contributed by atoms with Crippen molar-refractivity contribution in [1.29, 1.82) is 0 Å². The van der Waals surface area contributed by atoms with Gasteiger partial charge in [-0.25, -0.2) is 0 Å². The first-order chi connectivity index (χ1) is 16.0. The van der Waals surface area contributed by atoms with Crippen molar-refractivity contribution >= 4 is 18.5 Å². The Hall–Kier alpha value is -0.400. The monoisotopic (exact) mass is 614 g/mol. The van der Waals surface area contributed by atoms with Crippen molar-refractivity contribution in [2.24, 2.45) is 11.8 Å². The molecule has 0 spiro atoms. The van der Waals surface area contributed by atoms with Gasteiger partial charge in [0.15, 0.2) is 0 Å². The first kappa shape index (κ1) is 30.1. The molecule has 1 heterocycles. The predicted octanol–water partition coefficient (Wildman–Crippen LogP) is 3.45. The van der Waals surface area contributed by atoms with Crippen molar-refractivity contribution in [3.05, 3.63) is 80.9 Å². The Kier molecular flexibility index (Phi) is 8.91. The molecule has 0 saturated heterocycles. The molecule has 4 bridgehead atoms. The Labute approximate surface area is 245 Å².